The Morgan fingerprint density at radius 1 is 1.38 bits per heavy atom. The second kappa shape index (κ2) is 6.30. The van der Waals surface area contributed by atoms with Crippen molar-refractivity contribution >= 4 is 23.3 Å². The van der Waals surface area contributed by atoms with Crippen LogP contribution in [0.2, 0.25) is 5.02 Å². The van der Waals surface area contributed by atoms with Crippen LogP contribution in [0.25, 0.3) is 0 Å². The van der Waals surface area contributed by atoms with Crippen molar-refractivity contribution in [3.05, 3.63) is 34.6 Å². The van der Waals surface area contributed by atoms with Gasteiger partial charge < -0.3 is 16.3 Å². The van der Waals surface area contributed by atoms with Crippen molar-refractivity contribution in [3.63, 3.8) is 0 Å². The average molecular weight is 314 g/mol. The number of oxime groups is 1. The standard InChI is InChI=1S/C14H17ClFN3O2/c15-9-5-4-6-10(16)11(9)12(20)18-14(13(17)19-21)7-2-1-3-8-14/h4-6,21H,1-3,7-8H2,(H2,17,19)(H,18,20). The van der Waals surface area contributed by atoms with Crippen molar-refractivity contribution in [2.45, 2.75) is 37.6 Å². The molecule has 1 saturated carbocycles. The maximum atomic E-state index is 13.8. The van der Waals surface area contributed by atoms with Gasteiger partial charge in [0, 0.05) is 0 Å². The predicted molar refractivity (Wildman–Crippen MR) is 78.1 cm³/mol. The topological polar surface area (TPSA) is 87.7 Å². The van der Waals surface area contributed by atoms with E-state index < -0.39 is 17.3 Å². The lowest BCUT2D eigenvalue weighted by Crippen LogP contribution is -2.58. The molecule has 2 rings (SSSR count). The summed E-state index contributed by atoms with van der Waals surface area (Å²) in [6.07, 6.45) is 3.77. The van der Waals surface area contributed by atoms with Crippen LogP contribution >= 0.6 is 11.6 Å². The molecule has 1 aliphatic rings. The van der Waals surface area contributed by atoms with E-state index in [0.717, 1.165) is 25.3 Å². The van der Waals surface area contributed by atoms with Gasteiger partial charge >= 0.3 is 0 Å². The van der Waals surface area contributed by atoms with E-state index in [1.807, 2.05) is 0 Å². The predicted octanol–water partition coefficient (Wildman–Crippen LogP) is 2.66. The number of amides is 1. The molecular formula is C14H17ClFN3O2. The molecule has 0 aliphatic heterocycles. The number of nitrogens with two attached hydrogens (primary N) is 1. The van der Waals surface area contributed by atoms with E-state index in [2.05, 4.69) is 10.5 Å². The van der Waals surface area contributed by atoms with Crippen LogP contribution < -0.4 is 11.1 Å². The first-order valence-electron chi connectivity index (χ1n) is 6.75. The first kappa shape index (κ1) is 15.6. The lowest BCUT2D eigenvalue weighted by molar-refractivity contribution is 0.0902. The number of carbonyl (C=O) groups excluding carboxylic acids is 1. The summed E-state index contributed by atoms with van der Waals surface area (Å²) in [5, 5.41) is 14.7. The average Bonchev–Trinajstić information content (AvgIpc) is 2.47. The van der Waals surface area contributed by atoms with E-state index in [1.165, 1.54) is 12.1 Å². The molecule has 1 aromatic carbocycles. The smallest absolute Gasteiger partial charge is 0.256 e. The minimum absolute atomic E-state index is 0.0259. The first-order valence-corrected chi connectivity index (χ1v) is 7.12. The summed E-state index contributed by atoms with van der Waals surface area (Å²) in [6.45, 7) is 0. The van der Waals surface area contributed by atoms with E-state index in [1.54, 1.807) is 0 Å². The van der Waals surface area contributed by atoms with Gasteiger partial charge in [-0.2, -0.15) is 0 Å². The van der Waals surface area contributed by atoms with Crippen molar-refractivity contribution < 1.29 is 14.4 Å². The van der Waals surface area contributed by atoms with E-state index in [-0.39, 0.29) is 16.4 Å². The third-order valence-corrected chi connectivity index (χ3v) is 4.16. The highest BCUT2D eigenvalue weighted by Crippen LogP contribution is 2.29. The van der Waals surface area contributed by atoms with Crippen LogP contribution in [0.5, 0.6) is 0 Å². The molecule has 0 spiro atoms. The maximum Gasteiger partial charge on any atom is 0.256 e. The van der Waals surface area contributed by atoms with Crippen LogP contribution in [0.4, 0.5) is 4.39 Å². The quantitative estimate of drug-likeness (QED) is 0.347. The number of rotatable bonds is 3. The molecule has 0 radical (unpaired) electrons. The van der Waals surface area contributed by atoms with Gasteiger partial charge in [0.1, 0.15) is 11.4 Å². The largest absolute Gasteiger partial charge is 0.409 e. The Kier molecular flexibility index (Phi) is 4.67. The molecule has 1 fully saturated rings. The minimum atomic E-state index is -0.949. The summed E-state index contributed by atoms with van der Waals surface area (Å²) in [5.74, 6) is -1.43. The zero-order valence-electron chi connectivity index (χ0n) is 11.4. The van der Waals surface area contributed by atoms with Gasteiger partial charge in [0.2, 0.25) is 0 Å². The van der Waals surface area contributed by atoms with Gasteiger partial charge in [0.15, 0.2) is 5.84 Å². The van der Waals surface area contributed by atoms with E-state index >= 15 is 0 Å². The van der Waals surface area contributed by atoms with Crippen LogP contribution in [-0.4, -0.2) is 22.5 Å². The van der Waals surface area contributed by atoms with Gasteiger partial charge in [-0.25, -0.2) is 4.39 Å². The number of hydrogen-bond donors (Lipinski definition) is 3. The fourth-order valence-corrected chi connectivity index (χ4v) is 2.94. The second-order valence-corrected chi connectivity index (χ2v) is 5.59. The van der Waals surface area contributed by atoms with E-state index in [0.29, 0.717) is 12.8 Å². The van der Waals surface area contributed by atoms with Crippen LogP contribution in [0.15, 0.2) is 23.4 Å². The Hall–Kier alpha value is -1.82. The van der Waals surface area contributed by atoms with Crippen LogP contribution in [0.3, 0.4) is 0 Å². The molecule has 0 bridgehead atoms. The molecule has 0 atom stereocenters. The van der Waals surface area contributed by atoms with Crippen molar-refractivity contribution in [2.24, 2.45) is 10.9 Å². The monoisotopic (exact) mass is 313 g/mol. The molecule has 5 nitrogen and oxygen atoms in total. The fourth-order valence-electron chi connectivity index (χ4n) is 2.69. The number of nitrogens with one attached hydrogen (secondary N) is 1. The fraction of sp³-hybridized carbons (Fsp3) is 0.429. The highest BCUT2D eigenvalue weighted by molar-refractivity contribution is 6.34. The Bertz CT molecular complexity index is 551. The van der Waals surface area contributed by atoms with E-state index in [4.69, 9.17) is 22.5 Å². The Balaban J connectivity index is 2.31. The number of benzene rings is 1. The highest BCUT2D eigenvalue weighted by atomic mass is 35.5. The third-order valence-electron chi connectivity index (χ3n) is 3.85. The summed E-state index contributed by atoms with van der Waals surface area (Å²) < 4.78 is 13.8. The van der Waals surface area contributed by atoms with Gasteiger partial charge in [-0.05, 0) is 25.0 Å². The minimum Gasteiger partial charge on any atom is -0.409 e. The molecule has 0 unspecified atom stereocenters. The Morgan fingerprint density at radius 2 is 2.05 bits per heavy atom. The molecule has 1 aromatic rings. The molecule has 1 amide bonds. The molecule has 21 heavy (non-hydrogen) atoms. The molecule has 0 aromatic heterocycles. The second-order valence-electron chi connectivity index (χ2n) is 5.18. The number of halogens is 2. The van der Waals surface area contributed by atoms with Crippen molar-refractivity contribution in [1.29, 1.82) is 0 Å². The molecule has 0 heterocycles. The molecule has 1 aliphatic carbocycles. The molecule has 4 N–H and O–H groups in total. The summed E-state index contributed by atoms with van der Waals surface area (Å²) in [4.78, 5) is 12.4. The molecule has 7 heteroatoms. The van der Waals surface area contributed by atoms with Gasteiger partial charge in [-0.1, -0.05) is 42.1 Å². The Labute approximate surface area is 127 Å². The number of carbonyl (C=O) groups is 1. The van der Waals surface area contributed by atoms with Gasteiger partial charge in [0.25, 0.3) is 5.91 Å². The number of nitrogens with zero attached hydrogens (tertiary/aromatic N) is 1. The first-order chi connectivity index (χ1) is 10.00. The normalized spacial score (nSPS) is 18.3. The summed E-state index contributed by atoms with van der Waals surface area (Å²) in [7, 11) is 0. The maximum absolute atomic E-state index is 13.8. The molecule has 114 valence electrons. The number of hydrogen-bond acceptors (Lipinski definition) is 3. The molecular weight excluding hydrogens is 297 g/mol. The lowest BCUT2D eigenvalue weighted by Gasteiger charge is -2.36. The van der Waals surface area contributed by atoms with E-state index in [9.17, 15) is 9.18 Å². The summed E-state index contributed by atoms with van der Waals surface area (Å²) in [6, 6.07) is 4.03. The summed E-state index contributed by atoms with van der Waals surface area (Å²) in [5.41, 5.74) is 4.57. The number of amidine groups is 1. The van der Waals surface area contributed by atoms with Crippen molar-refractivity contribution in [1.82, 2.24) is 5.32 Å². The highest BCUT2D eigenvalue weighted by Gasteiger charge is 2.39. The summed E-state index contributed by atoms with van der Waals surface area (Å²) >= 11 is 5.89. The Morgan fingerprint density at radius 3 is 2.62 bits per heavy atom. The SMILES string of the molecule is N/C(=N/O)C1(NC(=O)c2c(F)cccc2Cl)CCCCC1. The zero-order chi connectivity index (χ0) is 15.5. The zero-order valence-corrected chi connectivity index (χ0v) is 12.2. The third kappa shape index (κ3) is 3.10. The van der Waals surface area contributed by atoms with Crippen molar-refractivity contribution in [3.8, 4) is 0 Å². The lowest BCUT2D eigenvalue weighted by atomic mass is 9.80. The van der Waals surface area contributed by atoms with Gasteiger partial charge in [-0.15, -0.1) is 0 Å². The van der Waals surface area contributed by atoms with Gasteiger partial charge in [-0.3, -0.25) is 4.79 Å². The van der Waals surface area contributed by atoms with Crippen molar-refractivity contribution in [2.75, 3.05) is 0 Å². The van der Waals surface area contributed by atoms with Gasteiger partial charge in [0.05, 0.1) is 10.6 Å². The van der Waals surface area contributed by atoms with Crippen LogP contribution in [0, 0.1) is 5.82 Å². The van der Waals surface area contributed by atoms with Crippen LogP contribution in [-0.2, 0) is 0 Å². The molecule has 0 saturated heterocycles. The van der Waals surface area contributed by atoms with Crippen LogP contribution in [0.1, 0.15) is 42.5 Å².